The Kier molecular flexibility index (Phi) is 4.33. The minimum absolute atomic E-state index is 0.586. The van der Waals surface area contributed by atoms with Gasteiger partial charge in [0.25, 0.3) is 0 Å². The first-order valence-electron chi connectivity index (χ1n) is 5.52. The SMILES string of the molecule is CCOc1cccc(Sc2ncccc2Cl)c1N. The van der Waals surface area contributed by atoms with Crippen molar-refractivity contribution >= 4 is 29.1 Å². The number of halogens is 1. The van der Waals surface area contributed by atoms with Crippen molar-refractivity contribution in [2.75, 3.05) is 12.3 Å². The zero-order chi connectivity index (χ0) is 13.0. The number of hydrogen-bond acceptors (Lipinski definition) is 4. The van der Waals surface area contributed by atoms with Crippen LogP contribution in [0.15, 0.2) is 46.5 Å². The quantitative estimate of drug-likeness (QED) is 0.864. The molecule has 94 valence electrons. The van der Waals surface area contributed by atoms with Crippen LogP contribution in [-0.2, 0) is 0 Å². The van der Waals surface area contributed by atoms with Gasteiger partial charge >= 0.3 is 0 Å². The van der Waals surface area contributed by atoms with Gasteiger partial charge in [0.1, 0.15) is 10.8 Å². The van der Waals surface area contributed by atoms with Gasteiger partial charge in [-0.15, -0.1) is 0 Å². The lowest BCUT2D eigenvalue weighted by atomic mass is 10.3. The van der Waals surface area contributed by atoms with E-state index in [1.807, 2.05) is 25.1 Å². The first-order valence-corrected chi connectivity index (χ1v) is 6.71. The highest BCUT2D eigenvalue weighted by atomic mass is 35.5. The van der Waals surface area contributed by atoms with E-state index < -0.39 is 0 Å². The summed E-state index contributed by atoms with van der Waals surface area (Å²) < 4.78 is 5.45. The largest absolute Gasteiger partial charge is 0.492 e. The van der Waals surface area contributed by atoms with E-state index in [1.54, 1.807) is 18.3 Å². The molecule has 0 amide bonds. The van der Waals surface area contributed by atoms with Gasteiger partial charge in [-0.1, -0.05) is 29.4 Å². The highest BCUT2D eigenvalue weighted by Crippen LogP contribution is 2.38. The minimum Gasteiger partial charge on any atom is -0.492 e. The summed E-state index contributed by atoms with van der Waals surface area (Å²) in [6.07, 6.45) is 1.71. The lowest BCUT2D eigenvalue weighted by Gasteiger charge is -2.10. The van der Waals surface area contributed by atoms with Crippen LogP contribution in [0, 0.1) is 0 Å². The lowest BCUT2D eigenvalue weighted by Crippen LogP contribution is -1.98. The number of hydrogen-bond donors (Lipinski definition) is 1. The van der Waals surface area contributed by atoms with E-state index in [2.05, 4.69) is 4.98 Å². The maximum atomic E-state index is 6.07. The fourth-order valence-electron chi connectivity index (χ4n) is 1.44. The summed E-state index contributed by atoms with van der Waals surface area (Å²) in [5.41, 5.74) is 6.67. The van der Waals surface area contributed by atoms with Crippen LogP contribution < -0.4 is 10.5 Å². The van der Waals surface area contributed by atoms with Crippen LogP contribution in [0.4, 0.5) is 5.69 Å². The smallest absolute Gasteiger partial charge is 0.143 e. The van der Waals surface area contributed by atoms with Crippen LogP contribution in [-0.4, -0.2) is 11.6 Å². The summed E-state index contributed by atoms with van der Waals surface area (Å²) in [6.45, 7) is 2.51. The molecule has 0 aliphatic heterocycles. The number of rotatable bonds is 4. The molecule has 2 rings (SSSR count). The number of aromatic nitrogens is 1. The number of anilines is 1. The Morgan fingerprint density at radius 1 is 1.33 bits per heavy atom. The molecule has 0 fully saturated rings. The third kappa shape index (κ3) is 2.89. The third-order valence-electron chi connectivity index (χ3n) is 2.26. The molecule has 18 heavy (non-hydrogen) atoms. The zero-order valence-corrected chi connectivity index (χ0v) is 11.5. The molecule has 0 radical (unpaired) electrons. The van der Waals surface area contributed by atoms with Crippen LogP contribution in [0.25, 0.3) is 0 Å². The molecule has 1 aromatic heterocycles. The Labute approximate surface area is 115 Å². The second kappa shape index (κ2) is 5.98. The van der Waals surface area contributed by atoms with Crippen molar-refractivity contribution in [2.24, 2.45) is 0 Å². The number of nitrogens with zero attached hydrogens (tertiary/aromatic N) is 1. The molecule has 0 spiro atoms. The Morgan fingerprint density at radius 2 is 2.17 bits per heavy atom. The second-order valence-corrected chi connectivity index (χ2v) is 4.93. The molecule has 0 aliphatic rings. The highest BCUT2D eigenvalue weighted by Gasteiger charge is 2.09. The average Bonchev–Trinajstić information content (AvgIpc) is 2.37. The van der Waals surface area contributed by atoms with Gasteiger partial charge in [0.05, 0.1) is 17.3 Å². The fourth-order valence-corrected chi connectivity index (χ4v) is 2.53. The van der Waals surface area contributed by atoms with Crippen molar-refractivity contribution in [2.45, 2.75) is 16.8 Å². The van der Waals surface area contributed by atoms with Crippen LogP contribution in [0.2, 0.25) is 5.02 Å². The highest BCUT2D eigenvalue weighted by molar-refractivity contribution is 7.99. The van der Waals surface area contributed by atoms with Gasteiger partial charge in [-0.25, -0.2) is 4.98 Å². The topological polar surface area (TPSA) is 48.1 Å². The first kappa shape index (κ1) is 13.1. The summed E-state index contributed by atoms with van der Waals surface area (Å²) in [4.78, 5) is 5.12. The summed E-state index contributed by atoms with van der Waals surface area (Å²) in [7, 11) is 0. The maximum Gasteiger partial charge on any atom is 0.143 e. The predicted octanol–water partition coefficient (Wildman–Crippen LogP) is 3.87. The summed E-state index contributed by atoms with van der Waals surface area (Å²) >= 11 is 7.50. The van der Waals surface area contributed by atoms with Gasteiger partial charge in [-0.05, 0) is 31.2 Å². The number of para-hydroxylation sites is 1. The van der Waals surface area contributed by atoms with Crippen molar-refractivity contribution in [3.8, 4) is 5.75 Å². The van der Waals surface area contributed by atoms with Gasteiger partial charge in [-0.3, -0.25) is 0 Å². The Balaban J connectivity index is 2.30. The van der Waals surface area contributed by atoms with Crippen LogP contribution in [0.3, 0.4) is 0 Å². The number of benzene rings is 1. The normalized spacial score (nSPS) is 10.3. The molecular formula is C13H13ClN2OS. The minimum atomic E-state index is 0.586. The molecule has 0 unspecified atom stereocenters. The van der Waals surface area contributed by atoms with Gasteiger partial charge in [-0.2, -0.15) is 0 Å². The second-order valence-electron chi connectivity index (χ2n) is 3.49. The zero-order valence-electron chi connectivity index (χ0n) is 9.89. The molecule has 2 aromatic rings. The molecule has 3 nitrogen and oxygen atoms in total. The summed E-state index contributed by atoms with van der Waals surface area (Å²) in [6, 6.07) is 9.28. The van der Waals surface area contributed by atoms with E-state index in [-0.39, 0.29) is 0 Å². The van der Waals surface area contributed by atoms with E-state index in [0.717, 1.165) is 9.92 Å². The molecule has 5 heteroatoms. The van der Waals surface area contributed by atoms with Crippen molar-refractivity contribution in [3.63, 3.8) is 0 Å². The standard InChI is InChI=1S/C13H13ClN2OS/c1-2-17-10-6-3-7-11(12(10)15)18-13-9(14)5-4-8-16-13/h3-8H,2,15H2,1H3. The average molecular weight is 281 g/mol. The first-order chi connectivity index (χ1) is 8.72. The predicted molar refractivity (Wildman–Crippen MR) is 75.4 cm³/mol. The number of nitrogens with two attached hydrogens (primary N) is 1. The number of pyridine rings is 1. The van der Waals surface area contributed by atoms with Crippen molar-refractivity contribution in [3.05, 3.63) is 41.6 Å². The lowest BCUT2D eigenvalue weighted by molar-refractivity contribution is 0.341. The van der Waals surface area contributed by atoms with Crippen molar-refractivity contribution < 1.29 is 4.74 Å². The van der Waals surface area contributed by atoms with Crippen LogP contribution >= 0.6 is 23.4 Å². The molecule has 1 heterocycles. The Morgan fingerprint density at radius 3 is 2.89 bits per heavy atom. The fraction of sp³-hybridized carbons (Fsp3) is 0.154. The van der Waals surface area contributed by atoms with Crippen molar-refractivity contribution in [1.29, 1.82) is 0 Å². The van der Waals surface area contributed by atoms with E-state index in [0.29, 0.717) is 23.1 Å². The molecule has 0 atom stereocenters. The van der Waals surface area contributed by atoms with Gasteiger partial charge in [0.2, 0.25) is 0 Å². The maximum absolute atomic E-state index is 6.07. The molecule has 1 aromatic carbocycles. The van der Waals surface area contributed by atoms with Crippen LogP contribution in [0.1, 0.15) is 6.92 Å². The molecule has 0 aliphatic carbocycles. The van der Waals surface area contributed by atoms with E-state index >= 15 is 0 Å². The third-order valence-corrected chi connectivity index (χ3v) is 3.77. The Hall–Kier alpha value is -1.39. The molecule has 2 N–H and O–H groups in total. The molecule has 0 saturated heterocycles. The van der Waals surface area contributed by atoms with E-state index in [4.69, 9.17) is 22.1 Å². The van der Waals surface area contributed by atoms with Gasteiger partial charge in [0.15, 0.2) is 0 Å². The van der Waals surface area contributed by atoms with Gasteiger partial charge < -0.3 is 10.5 Å². The number of nitrogen functional groups attached to an aromatic ring is 1. The molecule has 0 saturated carbocycles. The summed E-state index contributed by atoms with van der Waals surface area (Å²) in [5, 5.41) is 1.35. The van der Waals surface area contributed by atoms with E-state index in [1.165, 1.54) is 11.8 Å². The van der Waals surface area contributed by atoms with Crippen molar-refractivity contribution in [1.82, 2.24) is 4.98 Å². The molecular weight excluding hydrogens is 268 g/mol. The van der Waals surface area contributed by atoms with Crippen LogP contribution in [0.5, 0.6) is 5.75 Å². The monoisotopic (exact) mass is 280 g/mol. The van der Waals surface area contributed by atoms with Gasteiger partial charge in [0, 0.05) is 11.1 Å². The summed E-state index contributed by atoms with van der Waals surface area (Å²) in [5.74, 6) is 0.689. The van der Waals surface area contributed by atoms with E-state index in [9.17, 15) is 0 Å². The number of ether oxygens (including phenoxy) is 1. The molecule has 0 bridgehead atoms. The Bertz CT molecular complexity index is 548.